The highest BCUT2D eigenvalue weighted by Gasteiger charge is 2.11. The fraction of sp³-hybridized carbons (Fsp3) is 0.0588. The number of carbonyl (C=O) groups is 1. The van der Waals surface area contributed by atoms with Gasteiger partial charge in [-0.15, -0.1) is 0 Å². The van der Waals surface area contributed by atoms with Crippen LogP contribution in [0.2, 0.25) is 0 Å². The molecule has 0 fully saturated rings. The first-order chi connectivity index (χ1) is 10.7. The highest BCUT2D eigenvalue weighted by Crippen LogP contribution is 2.20. The summed E-state index contributed by atoms with van der Waals surface area (Å²) in [5.74, 6) is -0.512. The highest BCUT2D eigenvalue weighted by molar-refractivity contribution is 5.88. The standard InChI is InChI=1S/C17H14N3O2/c18-16(21)17-19-15(22-20-17)11-8-12-6-9-14(10-7-12)13-4-2-1-3-5-13/h1-7,9-11H,8H2,(H2,18,21). The van der Waals surface area contributed by atoms with Crippen LogP contribution in [-0.4, -0.2) is 16.0 Å². The molecule has 0 unspecified atom stereocenters. The molecule has 2 aromatic carbocycles. The van der Waals surface area contributed by atoms with Crippen molar-refractivity contribution in [1.29, 1.82) is 0 Å². The second kappa shape index (κ2) is 6.22. The van der Waals surface area contributed by atoms with Crippen molar-refractivity contribution in [3.8, 4) is 11.1 Å². The Hall–Kier alpha value is -2.95. The van der Waals surface area contributed by atoms with E-state index in [1.165, 1.54) is 5.56 Å². The third-order valence-electron chi connectivity index (χ3n) is 3.24. The first kappa shape index (κ1) is 14.0. The van der Waals surface area contributed by atoms with Gasteiger partial charge in [-0.1, -0.05) is 59.8 Å². The van der Waals surface area contributed by atoms with Crippen LogP contribution in [0.15, 0.2) is 59.1 Å². The van der Waals surface area contributed by atoms with Gasteiger partial charge in [-0.2, -0.15) is 4.98 Å². The Labute approximate surface area is 127 Å². The summed E-state index contributed by atoms with van der Waals surface area (Å²) in [5, 5.41) is 3.49. The van der Waals surface area contributed by atoms with Crippen molar-refractivity contribution >= 4 is 5.91 Å². The van der Waals surface area contributed by atoms with Gasteiger partial charge in [-0.05, 0) is 23.1 Å². The topological polar surface area (TPSA) is 82.0 Å². The van der Waals surface area contributed by atoms with E-state index in [1.54, 1.807) is 6.42 Å². The maximum atomic E-state index is 10.9. The van der Waals surface area contributed by atoms with Crippen LogP contribution >= 0.6 is 0 Å². The Bertz CT molecular complexity index is 764. The Morgan fingerprint density at radius 2 is 1.73 bits per heavy atom. The zero-order chi connectivity index (χ0) is 15.4. The molecule has 0 spiro atoms. The van der Waals surface area contributed by atoms with Crippen molar-refractivity contribution in [2.45, 2.75) is 6.42 Å². The van der Waals surface area contributed by atoms with Gasteiger partial charge in [-0.25, -0.2) is 0 Å². The summed E-state index contributed by atoms with van der Waals surface area (Å²) >= 11 is 0. The molecule has 3 rings (SSSR count). The second-order valence-corrected chi connectivity index (χ2v) is 4.79. The predicted octanol–water partition coefficient (Wildman–Crippen LogP) is 2.63. The van der Waals surface area contributed by atoms with Gasteiger partial charge in [0.1, 0.15) is 0 Å². The van der Waals surface area contributed by atoms with Crippen molar-refractivity contribution in [3.63, 3.8) is 0 Å². The molecule has 22 heavy (non-hydrogen) atoms. The van der Waals surface area contributed by atoms with E-state index in [0.29, 0.717) is 12.3 Å². The van der Waals surface area contributed by atoms with E-state index in [9.17, 15) is 4.79 Å². The maximum Gasteiger partial charge on any atom is 0.290 e. The van der Waals surface area contributed by atoms with Crippen molar-refractivity contribution in [2.24, 2.45) is 5.73 Å². The number of rotatable bonds is 5. The molecule has 2 N–H and O–H groups in total. The molecule has 1 radical (unpaired) electrons. The molecular formula is C17H14N3O2. The van der Waals surface area contributed by atoms with Crippen LogP contribution in [0, 0.1) is 6.42 Å². The normalized spacial score (nSPS) is 10.5. The number of aromatic nitrogens is 2. The third-order valence-corrected chi connectivity index (χ3v) is 3.24. The molecule has 0 aliphatic carbocycles. The van der Waals surface area contributed by atoms with Gasteiger partial charge in [0.15, 0.2) is 0 Å². The first-order valence-corrected chi connectivity index (χ1v) is 6.83. The molecule has 0 atom stereocenters. The summed E-state index contributed by atoms with van der Waals surface area (Å²) in [6.07, 6.45) is 2.40. The summed E-state index contributed by atoms with van der Waals surface area (Å²) in [7, 11) is 0. The average Bonchev–Trinajstić information content (AvgIpc) is 3.04. The van der Waals surface area contributed by atoms with Gasteiger partial charge in [0.2, 0.25) is 5.89 Å². The number of nitrogens with two attached hydrogens (primary N) is 1. The molecule has 0 saturated heterocycles. The minimum Gasteiger partial charge on any atom is -0.363 e. The van der Waals surface area contributed by atoms with Crippen LogP contribution < -0.4 is 5.73 Å². The lowest BCUT2D eigenvalue weighted by molar-refractivity contribution is 0.0987. The highest BCUT2D eigenvalue weighted by atomic mass is 16.5. The summed E-state index contributed by atoms with van der Waals surface area (Å²) in [5.41, 5.74) is 8.52. The van der Waals surface area contributed by atoms with Crippen LogP contribution in [0.4, 0.5) is 0 Å². The largest absolute Gasteiger partial charge is 0.363 e. The molecule has 1 heterocycles. The van der Waals surface area contributed by atoms with E-state index in [1.807, 2.05) is 30.3 Å². The quantitative estimate of drug-likeness (QED) is 0.783. The number of amides is 1. The van der Waals surface area contributed by atoms with E-state index in [2.05, 4.69) is 34.4 Å². The Morgan fingerprint density at radius 1 is 1.05 bits per heavy atom. The van der Waals surface area contributed by atoms with Crippen LogP contribution in [0.3, 0.4) is 0 Å². The Balaban J connectivity index is 1.65. The summed E-state index contributed by atoms with van der Waals surface area (Å²) in [6.45, 7) is 0. The fourth-order valence-electron chi connectivity index (χ4n) is 2.09. The Kier molecular flexibility index (Phi) is 3.96. The molecule has 0 aliphatic rings. The average molecular weight is 292 g/mol. The van der Waals surface area contributed by atoms with Gasteiger partial charge in [-0.3, -0.25) is 4.79 Å². The van der Waals surface area contributed by atoms with Gasteiger partial charge in [0, 0.05) is 0 Å². The number of hydrogen-bond donors (Lipinski definition) is 1. The van der Waals surface area contributed by atoms with E-state index in [-0.39, 0.29) is 5.82 Å². The summed E-state index contributed by atoms with van der Waals surface area (Å²) < 4.78 is 4.92. The van der Waals surface area contributed by atoms with Crippen LogP contribution in [0.25, 0.3) is 11.1 Å². The van der Waals surface area contributed by atoms with Crippen LogP contribution in [0.1, 0.15) is 22.1 Å². The van der Waals surface area contributed by atoms with Crippen LogP contribution in [-0.2, 0) is 6.42 Å². The van der Waals surface area contributed by atoms with E-state index < -0.39 is 5.91 Å². The molecule has 5 nitrogen and oxygen atoms in total. The van der Waals surface area contributed by atoms with Crippen molar-refractivity contribution in [2.75, 3.05) is 0 Å². The number of hydrogen-bond acceptors (Lipinski definition) is 4. The van der Waals surface area contributed by atoms with E-state index in [0.717, 1.165) is 11.1 Å². The molecule has 1 aromatic heterocycles. The summed E-state index contributed by atoms with van der Waals surface area (Å²) in [4.78, 5) is 14.8. The van der Waals surface area contributed by atoms with Gasteiger partial charge in [0.25, 0.3) is 11.7 Å². The van der Waals surface area contributed by atoms with Gasteiger partial charge < -0.3 is 10.3 Å². The zero-order valence-electron chi connectivity index (χ0n) is 11.8. The second-order valence-electron chi connectivity index (χ2n) is 4.79. The smallest absolute Gasteiger partial charge is 0.290 e. The summed E-state index contributed by atoms with van der Waals surface area (Å²) in [6, 6.07) is 18.4. The monoisotopic (exact) mass is 292 g/mol. The zero-order valence-corrected chi connectivity index (χ0v) is 11.8. The predicted molar refractivity (Wildman–Crippen MR) is 81.8 cm³/mol. The SMILES string of the molecule is NC(=O)c1noc([CH]Cc2ccc(-c3ccccc3)cc2)n1. The molecule has 5 heteroatoms. The molecule has 0 aliphatic heterocycles. The third kappa shape index (κ3) is 3.20. The fourth-order valence-corrected chi connectivity index (χ4v) is 2.09. The Morgan fingerprint density at radius 3 is 2.36 bits per heavy atom. The molecule has 0 saturated carbocycles. The maximum absolute atomic E-state index is 10.9. The lowest BCUT2D eigenvalue weighted by Gasteiger charge is -2.03. The molecule has 3 aromatic rings. The minimum absolute atomic E-state index is 0.106. The molecule has 109 valence electrons. The first-order valence-electron chi connectivity index (χ1n) is 6.83. The van der Waals surface area contributed by atoms with Crippen molar-refractivity contribution in [3.05, 3.63) is 78.3 Å². The van der Waals surface area contributed by atoms with Crippen LogP contribution in [0.5, 0.6) is 0 Å². The lowest BCUT2D eigenvalue weighted by atomic mass is 10.0. The van der Waals surface area contributed by atoms with E-state index in [4.69, 9.17) is 10.3 Å². The van der Waals surface area contributed by atoms with Gasteiger partial charge >= 0.3 is 0 Å². The number of primary amides is 1. The minimum atomic E-state index is -0.699. The number of carbonyl (C=O) groups excluding carboxylic acids is 1. The molecule has 1 amide bonds. The van der Waals surface area contributed by atoms with Gasteiger partial charge in [0.05, 0.1) is 6.42 Å². The van der Waals surface area contributed by atoms with Crippen molar-refractivity contribution in [1.82, 2.24) is 10.1 Å². The number of benzene rings is 2. The number of nitrogens with zero attached hydrogens (tertiary/aromatic N) is 2. The lowest BCUT2D eigenvalue weighted by Crippen LogP contribution is -2.12. The van der Waals surface area contributed by atoms with E-state index >= 15 is 0 Å². The molecule has 0 bridgehead atoms. The van der Waals surface area contributed by atoms with Crippen molar-refractivity contribution < 1.29 is 9.32 Å². The molecular weight excluding hydrogens is 278 g/mol.